The fourth-order valence-electron chi connectivity index (χ4n) is 9.55. The highest BCUT2D eigenvalue weighted by atomic mass is 16.4. The Kier molecular flexibility index (Phi) is 24.4. The second-order valence-electron chi connectivity index (χ2n) is 20.6. The number of hydrogen-bond acceptors (Lipinski definition) is 15. The lowest BCUT2D eigenvalue weighted by atomic mass is 9.99. The number of aliphatic carboxylic acids is 4. The number of rotatable bonds is 21. The maximum atomic E-state index is 11.6. The average Bonchev–Trinajstić information content (AvgIpc) is 3.71. The standard InChI is InChI=1S/C33H42N4O3.C22H40N4O8/c1-23(2)25-10-12-31(39)28(19-25)22-35-14-16-37-18-17-36(15-13-34-21-27-7-5-6-8-30(27)38)33(37)29-11-9-26(24(3)4)20-32(29)40;1-15(2)17-9-23(11-19(27)28)6-8-26(14-22(33)34)18(16(3)4)10-24(12-20(29)30)5-7-25(17)13-21(31)32/h5-12,19-24,33,38-40H,13-18H2,1-4H3;15-18H,5-14H2,1-4H3,(H,27,28)(H,29,30)(H,31,32)(H,33,34). The van der Waals surface area contributed by atoms with Crippen LogP contribution >= 0.6 is 0 Å². The highest BCUT2D eigenvalue weighted by Gasteiger charge is 2.35. The molecule has 2 heterocycles. The van der Waals surface area contributed by atoms with Crippen molar-refractivity contribution in [3.63, 3.8) is 0 Å². The summed E-state index contributed by atoms with van der Waals surface area (Å²) in [5.41, 5.74) is 4.59. The van der Waals surface area contributed by atoms with E-state index in [0.29, 0.717) is 49.3 Å². The normalized spacial score (nSPS) is 19.6. The van der Waals surface area contributed by atoms with Gasteiger partial charge in [0.05, 0.1) is 45.4 Å². The third-order valence-electron chi connectivity index (χ3n) is 13.7. The van der Waals surface area contributed by atoms with E-state index in [4.69, 9.17) is 0 Å². The molecule has 3 aromatic rings. The van der Waals surface area contributed by atoms with E-state index in [1.54, 1.807) is 50.2 Å². The van der Waals surface area contributed by atoms with Crippen molar-refractivity contribution in [2.24, 2.45) is 21.8 Å². The molecule has 0 aromatic heterocycles. The Labute approximate surface area is 437 Å². The average molecular weight is 1030 g/mol. The number of para-hydroxylation sites is 1. The van der Waals surface area contributed by atoms with Crippen molar-refractivity contribution in [1.29, 1.82) is 0 Å². The van der Waals surface area contributed by atoms with E-state index in [1.807, 2.05) is 64.1 Å². The fourth-order valence-corrected chi connectivity index (χ4v) is 9.55. The zero-order valence-electron chi connectivity index (χ0n) is 44.6. The number of carboxylic acid groups (broad SMARTS) is 4. The van der Waals surface area contributed by atoms with Gasteiger partial charge in [-0.2, -0.15) is 0 Å². The molecular formula is C55H82N8O11. The first-order valence-electron chi connectivity index (χ1n) is 25.8. The fraction of sp³-hybridized carbons (Fsp3) is 0.564. The zero-order valence-corrected chi connectivity index (χ0v) is 44.6. The molecule has 0 radical (unpaired) electrons. The van der Waals surface area contributed by atoms with Gasteiger partial charge >= 0.3 is 23.9 Å². The van der Waals surface area contributed by atoms with Crippen LogP contribution in [-0.4, -0.2) is 218 Å². The van der Waals surface area contributed by atoms with Gasteiger partial charge in [-0.05, 0) is 65.1 Å². The van der Waals surface area contributed by atoms with Gasteiger partial charge in [-0.3, -0.25) is 58.6 Å². The van der Waals surface area contributed by atoms with Gasteiger partial charge in [0.2, 0.25) is 0 Å². The van der Waals surface area contributed by atoms with Gasteiger partial charge in [-0.25, -0.2) is 0 Å². The number of nitrogens with zero attached hydrogens (tertiary/aromatic N) is 8. The second kappa shape index (κ2) is 29.8. The van der Waals surface area contributed by atoms with Crippen LogP contribution in [0.15, 0.2) is 70.6 Å². The van der Waals surface area contributed by atoms with E-state index in [2.05, 4.69) is 53.5 Å². The Hall–Kier alpha value is -5.96. The van der Waals surface area contributed by atoms with Crippen LogP contribution in [0.2, 0.25) is 0 Å². The Morgan fingerprint density at radius 3 is 1.36 bits per heavy atom. The smallest absolute Gasteiger partial charge is 0.317 e. The van der Waals surface area contributed by atoms with Crippen molar-refractivity contribution in [2.45, 2.75) is 85.5 Å². The largest absolute Gasteiger partial charge is 0.508 e. The third-order valence-corrected chi connectivity index (χ3v) is 13.7. The van der Waals surface area contributed by atoms with Gasteiger partial charge in [0.15, 0.2) is 0 Å². The molecule has 408 valence electrons. The lowest BCUT2D eigenvalue weighted by Crippen LogP contribution is -2.57. The molecule has 3 atom stereocenters. The summed E-state index contributed by atoms with van der Waals surface area (Å²) >= 11 is 0. The quantitative estimate of drug-likeness (QED) is 0.0651. The molecule has 0 spiro atoms. The molecule has 19 heteroatoms. The number of carbonyl (C=O) groups is 4. The summed E-state index contributed by atoms with van der Waals surface area (Å²) in [6, 6.07) is 18.3. The molecule has 74 heavy (non-hydrogen) atoms. The van der Waals surface area contributed by atoms with Crippen LogP contribution in [0.25, 0.3) is 0 Å². The first kappa shape index (κ1) is 60.6. The molecular weight excluding hydrogens is 949 g/mol. The van der Waals surface area contributed by atoms with E-state index in [9.17, 15) is 54.9 Å². The Bertz CT molecular complexity index is 2290. The third kappa shape index (κ3) is 19.4. The molecule has 2 aliphatic heterocycles. The molecule has 19 nitrogen and oxygen atoms in total. The van der Waals surface area contributed by atoms with Crippen LogP contribution in [0.5, 0.6) is 17.2 Å². The zero-order chi connectivity index (χ0) is 54.6. The predicted octanol–water partition coefficient (Wildman–Crippen LogP) is 5.50. The van der Waals surface area contributed by atoms with E-state index in [0.717, 1.165) is 42.9 Å². The van der Waals surface area contributed by atoms with Gasteiger partial charge in [-0.15, -0.1) is 0 Å². The summed E-state index contributed by atoms with van der Waals surface area (Å²) < 4.78 is 0. The highest BCUT2D eigenvalue weighted by molar-refractivity contribution is 5.84. The van der Waals surface area contributed by atoms with Gasteiger partial charge in [0.25, 0.3) is 0 Å². The van der Waals surface area contributed by atoms with Crippen molar-refractivity contribution in [3.8, 4) is 17.2 Å². The monoisotopic (exact) mass is 1030 g/mol. The second-order valence-corrected chi connectivity index (χ2v) is 20.6. The van der Waals surface area contributed by atoms with Crippen LogP contribution < -0.4 is 0 Å². The molecule has 0 amide bonds. The van der Waals surface area contributed by atoms with E-state index >= 15 is 0 Å². The summed E-state index contributed by atoms with van der Waals surface area (Å²) in [7, 11) is 0. The van der Waals surface area contributed by atoms with Crippen molar-refractivity contribution in [2.75, 3.05) is 105 Å². The number of carboxylic acids is 4. The summed E-state index contributed by atoms with van der Waals surface area (Å²) in [4.78, 5) is 67.2. The van der Waals surface area contributed by atoms with E-state index < -0.39 is 23.9 Å². The number of aliphatic imine (C=N–C) groups is 2. The summed E-state index contributed by atoms with van der Waals surface area (Å²) in [6.45, 7) is 21.3. The predicted molar refractivity (Wildman–Crippen MR) is 287 cm³/mol. The molecule has 3 unspecified atom stereocenters. The molecule has 2 saturated heterocycles. The van der Waals surface area contributed by atoms with Crippen LogP contribution in [0, 0.1) is 11.8 Å². The SMILES string of the molecule is CC(C)C1CN(CC(=O)O)CCN(CC(=O)O)C(C(C)C)CN(CC(=O)O)CCN1CC(=O)O.CC(C)c1ccc(C2N(CCN=Cc3ccccc3O)CCN2CCN=Cc2cc(C(C)C)ccc2O)c(O)c1. The molecule has 2 fully saturated rings. The maximum absolute atomic E-state index is 11.6. The molecule has 0 aliphatic carbocycles. The lowest BCUT2D eigenvalue weighted by molar-refractivity contribution is -0.143. The Morgan fingerprint density at radius 1 is 0.514 bits per heavy atom. The summed E-state index contributed by atoms with van der Waals surface area (Å²) in [5, 5.41) is 69.2. The number of aromatic hydroxyl groups is 3. The van der Waals surface area contributed by atoms with Gasteiger partial charge in [0, 0.05) is 107 Å². The van der Waals surface area contributed by atoms with Gasteiger partial charge < -0.3 is 35.7 Å². The molecule has 0 bridgehead atoms. The Morgan fingerprint density at radius 2 is 0.932 bits per heavy atom. The van der Waals surface area contributed by atoms with Crippen LogP contribution in [0.1, 0.15) is 101 Å². The van der Waals surface area contributed by atoms with Crippen molar-refractivity contribution >= 4 is 36.3 Å². The van der Waals surface area contributed by atoms with E-state index in [1.165, 1.54) is 5.56 Å². The van der Waals surface area contributed by atoms with Crippen LogP contribution in [-0.2, 0) is 19.2 Å². The Balaban J connectivity index is 0.000000326. The lowest BCUT2D eigenvalue weighted by Gasteiger charge is -2.42. The molecule has 2 aliphatic rings. The first-order valence-corrected chi connectivity index (χ1v) is 25.8. The maximum Gasteiger partial charge on any atom is 0.317 e. The molecule has 0 saturated carbocycles. The number of phenolic OH excluding ortho intramolecular Hbond substituents is 3. The number of hydrogen-bond donors (Lipinski definition) is 7. The van der Waals surface area contributed by atoms with Crippen molar-refractivity contribution in [1.82, 2.24) is 29.4 Å². The minimum absolute atomic E-state index is 0.00467. The van der Waals surface area contributed by atoms with E-state index in [-0.39, 0.29) is 93.9 Å². The van der Waals surface area contributed by atoms with Crippen LogP contribution in [0.3, 0.4) is 0 Å². The van der Waals surface area contributed by atoms with Crippen LogP contribution in [0.4, 0.5) is 0 Å². The first-order chi connectivity index (χ1) is 35.0. The van der Waals surface area contributed by atoms with Crippen molar-refractivity contribution in [3.05, 3.63) is 88.5 Å². The molecule has 3 aromatic carbocycles. The van der Waals surface area contributed by atoms with Gasteiger partial charge in [0.1, 0.15) is 17.2 Å². The number of phenols is 3. The minimum atomic E-state index is -1.02. The summed E-state index contributed by atoms with van der Waals surface area (Å²) in [6.07, 6.45) is 3.38. The van der Waals surface area contributed by atoms with Gasteiger partial charge in [-0.1, -0.05) is 85.7 Å². The minimum Gasteiger partial charge on any atom is -0.508 e. The number of benzene rings is 3. The topological polar surface area (TPSA) is 254 Å². The van der Waals surface area contributed by atoms with Crippen molar-refractivity contribution < 1.29 is 54.9 Å². The molecule has 7 N–H and O–H groups in total. The summed E-state index contributed by atoms with van der Waals surface area (Å²) in [5.74, 6) is -2.58. The highest BCUT2D eigenvalue weighted by Crippen LogP contribution is 2.36. The molecule has 5 rings (SSSR count).